The highest BCUT2D eigenvalue weighted by molar-refractivity contribution is 5.78. The zero-order chi connectivity index (χ0) is 15.4. The van der Waals surface area contributed by atoms with Crippen molar-refractivity contribution in [1.82, 2.24) is 5.32 Å². The molecule has 1 heterocycles. The van der Waals surface area contributed by atoms with Gasteiger partial charge in [0.1, 0.15) is 5.75 Å². The van der Waals surface area contributed by atoms with Crippen LogP contribution < -0.4 is 19.5 Å². The van der Waals surface area contributed by atoms with E-state index in [1.165, 1.54) is 0 Å². The molecular formula is C17H17NO4. The summed E-state index contributed by atoms with van der Waals surface area (Å²) < 4.78 is 15.7. The number of amides is 1. The van der Waals surface area contributed by atoms with Crippen LogP contribution in [-0.2, 0) is 17.8 Å². The minimum Gasteiger partial charge on any atom is -0.497 e. The maximum Gasteiger partial charge on any atom is 0.231 e. The number of benzene rings is 2. The van der Waals surface area contributed by atoms with E-state index in [9.17, 15) is 4.79 Å². The van der Waals surface area contributed by atoms with E-state index in [4.69, 9.17) is 14.2 Å². The summed E-state index contributed by atoms with van der Waals surface area (Å²) in [7, 11) is 1.63. The van der Waals surface area contributed by atoms with Crippen LogP contribution in [0.4, 0.5) is 0 Å². The summed E-state index contributed by atoms with van der Waals surface area (Å²) >= 11 is 0. The van der Waals surface area contributed by atoms with Crippen LogP contribution in [0.15, 0.2) is 42.5 Å². The van der Waals surface area contributed by atoms with Crippen molar-refractivity contribution >= 4 is 5.91 Å². The first-order chi connectivity index (χ1) is 10.7. The molecule has 0 atom stereocenters. The van der Waals surface area contributed by atoms with Crippen LogP contribution in [0.2, 0.25) is 0 Å². The van der Waals surface area contributed by atoms with Crippen molar-refractivity contribution in [2.45, 2.75) is 13.0 Å². The number of nitrogens with one attached hydrogen (secondary N) is 1. The summed E-state index contributed by atoms with van der Waals surface area (Å²) in [5.41, 5.74) is 1.93. The van der Waals surface area contributed by atoms with Crippen LogP contribution in [0.3, 0.4) is 0 Å². The number of ether oxygens (including phenoxy) is 3. The van der Waals surface area contributed by atoms with Gasteiger partial charge in [0.15, 0.2) is 11.5 Å². The fraction of sp³-hybridized carbons (Fsp3) is 0.235. The van der Waals surface area contributed by atoms with Gasteiger partial charge in [0, 0.05) is 6.54 Å². The molecule has 22 heavy (non-hydrogen) atoms. The van der Waals surface area contributed by atoms with Crippen LogP contribution in [0.5, 0.6) is 17.2 Å². The maximum absolute atomic E-state index is 12.0. The minimum absolute atomic E-state index is 0.0327. The molecule has 5 heteroatoms. The molecule has 5 nitrogen and oxygen atoms in total. The van der Waals surface area contributed by atoms with Crippen molar-refractivity contribution < 1.29 is 19.0 Å². The van der Waals surface area contributed by atoms with Gasteiger partial charge in [0.25, 0.3) is 0 Å². The normalized spacial score (nSPS) is 12.0. The van der Waals surface area contributed by atoms with Gasteiger partial charge in [-0.15, -0.1) is 0 Å². The highest BCUT2D eigenvalue weighted by atomic mass is 16.7. The molecule has 2 aromatic rings. The molecular weight excluding hydrogens is 282 g/mol. The largest absolute Gasteiger partial charge is 0.497 e. The van der Waals surface area contributed by atoms with E-state index in [-0.39, 0.29) is 12.7 Å². The molecule has 0 aliphatic carbocycles. The van der Waals surface area contributed by atoms with E-state index >= 15 is 0 Å². The first-order valence-corrected chi connectivity index (χ1v) is 7.03. The lowest BCUT2D eigenvalue weighted by Gasteiger charge is -2.07. The van der Waals surface area contributed by atoms with Crippen molar-refractivity contribution in [3.63, 3.8) is 0 Å². The highest BCUT2D eigenvalue weighted by Crippen LogP contribution is 2.32. The van der Waals surface area contributed by atoms with Gasteiger partial charge in [-0.2, -0.15) is 0 Å². The molecule has 0 radical (unpaired) electrons. The summed E-state index contributed by atoms with van der Waals surface area (Å²) in [6, 6.07) is 13.2. The second-order valence-corrected chi connectivity index (χ2v) is 4.99. The monoisotopic (exact) mass is 299 g/mol. The number of carbonyl (C=O) groups is 1. The lowest BCUT2D eigenvalue weighted by molar-refractivity contribution is -0.120. The Hall–Kier alpha value is -2.69. The number of rotatable bonds is 5. The lowest BCUT2D eigenvalue weighted by Crippen LogP contribution is -2.24. The van der Waals surface area contributed by atoms with Gasteiger partial charge in [0.05, 0.1) is 13.5 Å². The van der Waals surface area contributed by atoms with Crippen LogP contribution in [-0.4, -0.2) is 19.8 Å². The number of hydrogen-bond donors (Lipinski definition) is 1. The summed E-state index contributed by atoms with van der Waals surface area (Å²) in [6.07, 6.45) is 0.312. The predicted octanol–water partition coefficient (Wildman–Crippen LogP) is 2.28. The van der Waals surface area contributed by atoms with Gasteiger partial charge in [-0.3, -0.25) is 4.79 Å². The standard InChI is InChI=1S/C17H17NO4/c1-20-14-5-2-12(3-6-14)10-18-17(19)9-13-4-7-15-16(8-13)22-11-21-15/h2-8H,9-11H2,1H3,(H,18,19). The van der Waals surface area contributed by atoms with Crippen LogP contribution >= 0.6 is 0 Å². The van der Waals surface area contributed by atoms with E-state index in [2.05, 4.69) is 5.32 Å². The maximum atomic E-state index is 12.0. The van der Waals surface area contributed by atoms with Gasteiger partial charge in [-0.25, -0.2) is 0 Å². The fourth-order valence-corrected chi connectivity index (χ4v) is 2.24. The number of hydrogen-bond acceptors (Lipinski definition) is 4. The summed E-state index contributed by atoms with van der Waals surface area (Å²) in [6.45, 7) is 0.732. The van der Waals surface area contributed by atoms with Gasteiger partial charge in [-0.05, 0) is 35.4 Å². The molecule has 0 aromatic heterocycles. The Bertz CT molecular complexity index is 667. The second-order valence-electron chi connectivity index (χ2n) is 4.99. The van der Waals surface area contributed by atoms with Crippen molar-refractivity contribution in [3.8, 4) is 17.2 Å². The number of carbonyl (C=O) groups excluding carboxylic acids is 1. The first-order valence-electron chi connectivity index (χ1n) is 7.03. The third kappa shape index (κ3) is 3.31. The molecule has 0 fully saturated rings. The summed E-state index contributed by atoms with van der Waals surface area (Å²) in [5.74, 6) is 2.19. The van der Waals surface area contributed by atoms with Crippen LogP contribution in [0, 0.1) is 0 Å². The Labute approximate surface area is 128 Å². The quantitative estimate of drug-likeness (QED) is 0.920. The number of methoxy groups -OCH3 is 1. The van der Waals surface area contributed by atoms with Crippen LogP contribution in [0.1, 0.15) is 11.1 Å². The molecule has 1 aliphatic heterocycles. The minimum atomic E-state index is -0.0327. The zero-order valence-electron chi connectivity index (χ0n) is 12.3. The van der Waals surface area contributed by atoms with Crippen LogP contribution in [0.25, 0.3) is 0 Å². The molecule has 114 valence electrons. The molecule has 0 saturated carbocycles. The SMILES string of the molecule is COc1ccc(CNC(=O)Cc2ccc3c(c2)OCO3)cc1. The van der Waals surface area contributed by atoms with Gasteiger partial charge >= 0.3 is 0 Å². The van der Waals surface area contributed by atoms with Crippen molar-refractivity contribution in [1.29, 1.82) is 0 Å². The molecule has 1 N–H and O–H groups in total. The average Bonchev–Trinajstić information content (AvgIpc) is 3.01. The van der Waals surface area contributed by atoms with E-state index in [0.717, 1.165) is 22.6 Å². The van der Waals surface area contributed by atoms with E-state index in [1.54, 1.807) is 7.11 Å². The number of fused-ring (bicyclic) bond motifs is 1. The molecule has 0 unspecified atom stereocenters. The first kappa shape index (κ1) is 14.3. The Morgan fingerprint density at radius 2 is 1.82 bits per heavy atom. The summed E-state index contributed by atoms with van der Waals surface area (Å²) in [5, 5.41) is 2.90. The van der Waals surface area contributed by atoms with E-state index in [0.29, 0.717) is 18.7 Å². The summed E-state index contributed by atoms with van der Waals surface area (Å²) in [4.78, 5) is 12.0. The van der Waals surface area contributed by atoms with Gasteiger partial charge < -0.3 is 19.5 Å². The van der Waals surface area contributed by atoms with E-state index in [1.807, 2.05) is 42.5 Å². The molecule has 3 rings (SSSR count). The smallest absolute Gasteiger partial charge is 0.231 e. The Morgan fingerprint density at radius 1 is 1.09 bits per heavy atom. The third-order valence-electron chi connectivity index (χ3n) is 3.45. The van der Waals surface area contributed by atoms with Crippen molar-refractivity contribution in [3.05, 3.63) is 53.6 Å². The average molecular weight is 299 g/mol. The molecule has 1 amide bonds. The zero-order valence-corrected chi connectivity index (χ0v) is 12.3. The Balaban J connectivity index is 1.53. The molecule has 0 saturated heterocycles. The predicted molar refractivity (Wildman–Crippen MR) is 81.1 cm³/mol. The molecule has 0 spiro atoms. The highest BCUT2D eigenvalue weighted by Gasteiger charge is 2.14. The Kier molecular flexibility index (Phi) is 4.14. The fourth-order valence-electron chi connectivity index (χ4n) is 2.24. The van der Waals surface area contributed by atoms with Gasteiger partial charge in [-0.1, -0.05) is 18.2 Å². The molecule has 1 aliphatic rings. The Morgan fingerprint density at radius 3 is 2.59 bits per heavy atom. The topological polar surface area (TPSA) is 56.8 Å². The van der Waals surface area contributed by atoms with Crippen molar-refractivity contribution in [2.75, 3.05) is 13.9 Å². The van der Waals surface area contributed by atoms with E-state index < -0.39 is 0 Å². The second kappa shape index (κ2) is 6.39. The van der Waals surface area contributed by atoms with Crippen molar-refractivity contribution in [2.24, 2.45) is 0 Å². The molecule has 0 bridgehead atoms. The molecule has 2 aromatic carbocycles. The lowest BCUT2D eigenvalue weighted by atomic mass is 10.1. The van der Waals surface area contributed by atoms with Gasteiger partial charge in [0.2, 0.25) is 12.7 Å². The third-order valence-corrected chi connectivity index (χ3v) is 3.45.